The van der Waals surface area contributed by atoms with Gasteiger partial charge in [-0.1, -0.05) is 0 Å². The molecule has 0 saturated carbocycles. The Morgan fingerprint density at radius 3 is 2.85 bits per heavy atom. The molecule has 4 aliphatic rings. The number of pyridine rings is 1. The Kier molecular flexibility index (Phi) is 3.64. The summed E-state index contributed by atoms with van der Waals surface area (Å²) in [6.07, 6.45) is 5.43. The van der Waals surface area contributed by atoms with Crippen LogP contribution in [0.3, 0.4) is 0 Å². The van der Waals surface area contributed by atoms with Crippen LogP contribution in [0, 0.1) is 0 Å². The van der Waals surface area contributed by atoms with Gasteiger partial charge in [0.15, 0.2) is 4.60 Å². The third-order valence-corrected chi connectivity index (χ3v) is 7.16. The summed E-state index contributed by atoms with van der Waals surface area (Å²) in [5.41, 5.74) is 3.94. The molecule has 4 unspecified atom stereocenters. The molecule has 4 saturated heterocycles. The lowest BCUT2D eigenvalue weighted by atomic mass is 9.94. The van der Waals surface area contributed by atoms with Gasteiger partial charge in [-0.2, -0.15) is 5.10 Å². The maximum absolute atomic E-state index is 6.45. The number of rotatable bonds is 2. The molecule has 27 heavy (non-hydrogen) atoms. The predicted octanol–water partition coefficient (Wildman–Crippen LogP) is 2.08. The summed E-state index contributed by atoms with van der Waals surface area (Å²) in [5, 5.41) is 8.15. The van der Waals surface area contributed by atoms with Crippen LogP contribution in [-0.4, -0.2) is 59.3 Å². The van der Waals surface area contributed by atoms with Crippen molar-refractivity contribution in [3.05, 3.63) is 16.4 Å². The van der Waals surface area contributed by atoms with Crippen molar-refractivity contribution in [3.8, 4) is 0 Å². The number of aryl methyl sites for hydroxylation is 1. The lowest BCUT2D eigenvalue weighted by Crippen LogP contribution is -2.47. The van der Waals surface area contributed by atoms with E-state index in [9.17, 15) is 0 Å². The SMILES string of the molecule is Cn1nc(Br)c2nc(C34CCC(CNC3)O4)cc(N3CC4CCC(C3)O4)c21. The van der Waals surface area contributed by atoms with Gasteiger partial charge >= 0.3 is 0 Å². The van der Waals surface area contributed by atoms with E-state index in [0.29, 0.717) is 18.3 Å². The molecule has 0 aromatic carbocycles. The van der Waals surface area contributed by atoms with Crippen molar-refractivity contribution >= 4 is 32.7 Å². The summed E-state index contributed by atoms with van der Waals surface area (Å²) >= 11 is 3.63. The van der Waals surface area contributed by atoms with E-state index in [1.807, 2.05) is 11.7 Å². The standard InChI is InChI=1S/C19H24BrN5O2/c1-24-17-14(25-8-12-2-3-13(9-25)26-12)6-15(22-16(17)18(20)23-24)19-5-4-11(27-19)7-21-10-19/h6,11-13,21H,2-5,7-10H2,1H3. The van der Waals surface area contributed by atoms with Crippen LogP contribution in [0.2, 0.25) is 0 Å². The Balaban J connectivity index is 1.51. The Labute approximate surface area is 166 Å². The zero-order valence-electron chi connectivity index (χ0n) is 15.4. The molecule has 2 aromatic heterocycles. The van der Waals surface area contributed by atoms with Gasteiger partial charge in [-0.15, -0.1) is 0 Å². The molecule has 1 N–H and O–H groups in total. The second kappa shape index (κ2) is 5.89. The number of aromatic nitrogens is 3. The van der Waals surface area contributed by atoms with E-state index in [4.69, 9.17) is 14.5 Å². The molecule has 0 spiro atoms. The van der Waals surface area contributed by atoms with E-state index < -0.39 is 0 Å². The molecule has 4 aliphatic heterocycles. The van der Waals surface area contributed by atoms with Gasteiger partial charge in [-0.3, -0.25) is 4.68 Å². The van der Waals surface area contributed by atoms with Crippen molar-refractivity contribution in [1.29, 1.82) is 0 Å². The van der Waals surface area contributed by atoms with Crippen molar-refractivity contribution in [1.82, 2.24) is 20.1 Å². The lowest BCUT2D eigenvalue weighted by Gasteiger charge is -2.37. The quantitative estimate of drug-likeness (QED) is 0.781. The zero-order valence-corrected chi connectivity index (χ0v) is 17.0. The third kappa shape index (κ3) is 2.50. The molecule has 8 heteroatoms. The number of anilines is 1. The van der Waals surface area contributed by atoms with E-state index >= 15 is 0 Å². The average molecular weight is 434 g/mol. The highest BCUT2D eigenvalue weighted by atomic mass is 79.9. The maximum Gasteiger partial charge on any atom is 0.154 e. The predicted molar refractivity (Wildman–Crippen MR) is 105 cm³/mol. The van der Waals surface area contributed by atoms with Crippen molar-refractivity contribution in [2.75, 3.05) is 31.1 Å². The zero-order chi connectivity index (χ0) is 18.2. The van der Waals surface area contributed by atoms with Gasteiger partial charge in [0.25, 0.3) is 0 Å². The minimum atomic E-state index is -0.313. The lowest BCUT2D eigenvalue weighted by molar-refractivity contribution is -0.0710. The first-order valence-corrected chi connectivity index (χ1v) is 10.7. The van der Waals surface area contributed by atoms with Crippen LogP contribution in [0.1, 0.15) is 31.4 Å². The van der Waals surface area contributed by atoms with Crippen LogP contribution in [0.5, 0.6) is 0 Å². The number of ether oxygens (including phenoxy) is 2. The molecule has 4 atom stereocenters. The van der Waals surface area contributed by atoms with Crippen LogP contribution < -0.4 is 10.2 Å². The first-order chi connectivity index (χ1) is 13.1. The van der Waals surface area contributed by atoms with Gasteiger partial charge in [0.2, 0.25) is 0 Å². The van der Waals surface area contributed by atoms with Crippen LogP contribution >= 0.6 is 15.9 Å². The van der Waals surface area contributed by atoms with Crippen LogP contribution in [0.25, 0.3) is 11.0 Å². The fourth-order valence-electron chi connectivity index (χ4n) is 5.32. The summed E-state index contributed by atoms with van der Waals surface area (Å²) in [7, 11) is 2.00. The van der Waals surface area contributed by atoms with Gasteiger partial charge in [0.1, 0.15) is 16.6 Å². The van der Waals surface area contributed by atoms with Crippen molar-refractivity contribution < 1.29 is 9.47 Å². The number of fused-ring (bicyclic) bond motifs is 5. The largest absolute Gasteiger partial charge is 0.371 e. The second-order valence-corrected chi connectivity index (χ2v) is 9.16. The van der Waals surface area contributed by atoms with E-state index in [0.717, 1.165) is 73.2 Å². The monoisotopic (exact) mass is 433 g/mol. The van der Waals surface area contributed by atoms with Crippen molar-refractivity contribution in [3.63, 3.8) is 0 Å². The molecule has 6 rings (SSSR count). The minimum absolute atomic E-state index is 0.302. The van der Waals surface area contributed by atoms with E-state index in [2.05, 4.69) is 37.3 Å². The number of nitrogens with one attached hydrogen (secondary N) is 1. The number of hydrogen-bond acceptors (Lipinski definition) is 6. The highest BCUT2D eigenvalue weighted by Gasteiger charge is 2.46. The number of nitrogens with zero attached hydrogens (tertiary/aromatic N) is 4. The summed E-state index contributed by atoms with van der Waals surface area (Å²) in [4.78, 5) is 7.52. The van der Waals surface area contributed by atoms with Crippen LogP contribution in [-0.2, 0) is 22.1 Å². The molecule has 4 bridgehead atoms. The first-order valence-electron chi connectivity index (χ1n) is 9.94. The maximum atomic E-state index is 6.45. The fourth-order valence-corrected chi connectivity index (χ4v) is 5.84. The Hall–Kier alpha value is -1.22. The molecular formula is C19H24BrN5O2. The van der Waals surface area contributed by atoms with E-state index in [-0.39, 0.29) is 5.60 Å². The molecule has 7 nitrogen and oxygen atoms in total. The summed E-state index contributed by atoms with van der Waals surface area (Å²) in [6.45, 7) is 3.65. The molecule has 2 aromatic rings. The highest BCUT2D eigenvalue weighted by Crippen LogP contribution is 2.44. The first kappa shape index (κ1) is 16.7. The molecule has 6 heterocycles. The molecule has 0 aliphatic carbocycles. The third-order valence-electron chi connectivity index (χ3n) is 6.63. The van der Waals surface area contributed by atoms with Crippen LogP contribution in [0.4, 0.5) is 5.69 Å². The van der Waals surface area contributed by atoms with Crippen LogP contribution in [0.15, 0.2) is 10.7 Å². The van der Waals surface area contributed by atoms with Crippen molar-refractivity contribution in [2.24, 2.45) is 7.05 Å². The van der Waals surface area contributed by atoms with Gasteiger partial charge in [-0.25, -0.2) is 4.98 Å². The normalized spacial score (nSPS) is 35.3. The smallest absolute Gasteiger partial charge is 0.154 e. The summed E-state index contributed by atoms with van der Waals surface area (Å²) < 4.78 is 15.3. The van der Waals surface area contributed by atoms with Gasteiger partial charge in [0, 0.05) is 33.2 Å². The summed E-state index contributed by atoms with van der Waals surface area (Å²) in [6, 6.07) is 2.26. The van der Waals surface area contributed by atoms with E-state index in [1.165, 1.54) is 5.69 Å². The fraction of sp³-hybridized carbons (Fsp3) is 0.684. The molecular weight excluding hydrogens is 410 g/mol. The Morgan fingerprint density at radius 1 is 1.22 bits per heavy atom. The number of halogens is 1. The summed E-state index contributed by atoms with van der Waals surface area (Å²) in [5.74, 6) is 0. The van der Waals surface area contributed by atoms with E-state index in [1.54, 1.807) is 0 Å². The van der Waals surface area contributed by atoms with Gasteiger partial charge < -0.3 is 19.7 Å². The number of hydrogen-bond donors (Lipinski definition) is 1. The second-order valence-electron chi connectivity index (χ2n) is 8.40. The van der Waals surface area contributed by atoms with Gasteiger partial charge in [-0.05, 0) is 47.7 Å². The average Bonchev–Trinajstić information content (AvgIpc) is 3.28. The molecule has 0 amide bonds. The highest BCUT2D eigenvalue weighted by molar-refractivity contribution is 9.10. The molecule has 4 fully saturated rings. The topological polar surface area (TPSA) is 64.4 Å². The molecule has 0 radical (unpaired) electrons. The van der Waals surface area contributed by atoms with Gasteiger partial charge in [0.05, 0.1) is 29.7 Å². The molecule has 144 valence electrons. The van der Waals surface area contributed by atoms with Crippen molar-refractivity contribution in [2.45, 2.75) is 49.6 Å². The number of morpholine rings is 2. The Bertz CT molecular complexity index is 901. The Morgan fingerprint density at radius 2 is 2.04 bits per heavy atom. The minimum Gasteiger partial charge on any atom is -0.371 e.